The molecule has 0 saturated carbocycles. The monoisotopic (exact) mass is 202 g/mol. The van der Waals surface area contributed by atoms with Crippen LogP contribution in [-0.2, 0) is 16.9 Å². The minimum absolute atomic E-state index is 0.134. The molecule has 78 valence electrons. The fourth-order valence-corrected chi connectivity index (χ4v) is 2.73. The van der Waals surface area contributed by atoms with E-state index in [9.17, 15) is 4.79 Å². The molecule has 1 aromatic carbocycles. The molecule has 1 N–H and O–H groups in total. The lowest BCUT2D eigenvalue weighted by atomic mass is 9.89. The van der Waals surface area contributed by atoms with Gasteiger partial charge in [-0.2, -0.15) is 0 Å². The molecular formula is C12H14N2O. The molecule has 2 heterocycles. The Morgan fingerprint density at radius 1 is 1.40 bits per heavy atom. The van der Waals surface area contributed by atoms with Gasteiger partial charge in [0.15, 0.2) is 0 Å². The molecule has 1 amide bonds. The van der Waals surface area contributed by atoms with Crippen LogP contribution in [0.4, 0.5) is 0 Å². The van der Waals surface area contributed by atoms with Gasteiger partial charge in [0, 0.05) is 6.54 Å². The van der Waals surface area contributed by atoms with Crippen molar-refractivity contribution in [1.82, 2.24) is 10.2 Å². The maximum absolute atomic E-state index is 11.5. The molecule has 3 rings (SSSR count). The molecular weight excluding hydrogens is 188 g/mol. The second-order valence-electron chi connectivity index (χ2n) is 4.45. The number of nitrogens with one attached hydrogen (secondary N) is 1. The lowest BCUT2D eigenvalue weighted by Gasteiger charge is -2.40. The Bertz CT molecular complexity index is 429. The predicted molar refractivity (Wildman–Crippen MR) is 57.2 cm³/mol. The summed E-state index contributed by atoms with van der Waals surface area (Å²) < 4.78 is 0. The number of hydrogen-bond donors (Lipinski definition) is 1. The quantitative estimate of drug-likeness (QED) is 0.676. The molecule has 2 aliphatic rings. The molecule has 1 fully saturated rings. The first kappa shape index (κ1) is 8.92. The van der Waals surface area contributed by atoms with Crippen molar-refractivity contribution in [2.24, 2.45) is 0 Å². The van der Waals surface area contributed by atoms with E-state index in [4.69, 9.17) is 0 Å². The minimum atomic E-state index is -0.272. The van der Waals surface area contributed by atoms with E-state index in [-0.39, 0.29) is 11.6 Å². The fourth-order valence-electron chi connectivity index (χ4n) is 2.73. The van der Waals surface area contributed by atoms with Crippen LogP contribution < -0.4 is 5.32 Å². The molecule has 0 aliphatic carbocycles. The first-order valence-corrected chi connectivity index (χ1v) is 5.34. The van der Waals surface area contributed by atoms with Crippen molar-refractivity contribution in [3.8, 4) is 0 Å². The average molecular weight is 202 g/mol. The first-order valence-electron chi connectivity index (χ1n) is 5.34. The zero-order valence-electron chi connectivity index (χ0n) is 8.79. The Hall–Kier alpha value is -1.35. The van der Waals surface area contributed by atoms with Crippen LogP contribution >= 0.6 is 0 Å². The maximum atomic E-state index is 11.5. The van der Waals surface area contributed by atoms with E-state index in [2.05, 4.69) is 35.3 Å². The van der Waals surface area contributed by atoms with Gasteiger partial charge in [0.05, 0.1) is 6.54 Å². The Labute approximate surface area is 89.1 Å². The zero-order valence-corrected chi connectivity index (χ0v) is 8.79. The fraction of sp³-hybridized carbons (Fsp3) is 0.417. The van der Waals surface area contributed by atoms with Crippen LogP contribution in [0.5, 0.6) is 0 Å². The topological polar surface area (TPSA) is 32.3 Å². The van der Waals surface area contributed by atoms with Gasteiger partial charge in [0.1, 0.15) is 5.66 Å². The van der Waals surface area contributed by atoms with E-state index >= 15 is 0 Å². The van der Waals surface area contributed by atoms with Gasteiger partial charge >= 0.3 is 0 Å². The van der Waals surface area contributed by atoms with Crippen LogP contribution in [0.2, 0.25) is 0 Å². The third-order valence-electron chi connectivity index (χ3n) is 3.54. The molecule has 0 radical (unpaired) electrons. The van der Waals surface area contributed by atoms with E-state index < -0.39 is 0 Å². The third-order valence-corrected chi connectivity index (χ3v) is 3.54. The van der Waals surface area contributed by atoms with Gasteiger partial charge < -0.3 is 5.32 Å². The minimum Gasteiger partial charge on any atom is -0.333 e. The van der Waals surface area contributed by atoms with Gasteiger partial charge in [-0.15, -0.1) is 0 Å². The SMILES string of the molecule is C[C@@]12NC(=O)CN1CCc1ccccc12. The highest BCUT2D eigenvalue weighted by atomic mass is 16.2. The van der Waals surface area contributed by atoms with Gasteiger partial charge in [-0.25, -0.2) is 0 Å². The Morgan fingerprint density at radius 2 is 2.20 bits per heavy atom. The van der Waals surface area contributed by atoms with Crippen LogP contribution in [-0.4, -0.2) is 23.9 Å². The van der Waals surface area contributed by atoms with Crippen LogP contribution in [0, 0.1) is 0 Å². The van der Waals surface area contributed by atoms with Crippen molar-refractivity contribution in [2.45, 2.75) is 19.0 Å². The summed E-state index contributed by atoms with van der Waals surface area (Å²) in [6, 6.07) is 8.38. The molecule has 2 aliphatic heterocycles. The Morgan fingerprint density at radius 3 is 3.07 bits per heavy atom. The second-order valence-corrected chi connectivity index (χ2v) is 4.45. The molecule has 3 heteroatoms. The first-order chi connectivity index (χ1) is 7.20. The third kappa shape index (κ3) is 1.13. The van der Waals surface area contributed by atoms with Crippen LogP contribution in [0.3, 0.4) is 0 Å². The molecule has 1 saturated heterocycles. The molecule has 1 aromatic rings. The summed E-state index contributed by atoms with van der Waals surface area (Å²) in [5.74, 6) is 0.134. The summed E-state index contributed by atoms with van der Waals surface area (Å²) in [5, 5.41) is 3.08. The highest BCUT2D eigenvalue weighted by Crippen LogP contribution is 2.35. The number of carbonyl (C=O) groups is 1. The molecule has 15 heavy (non-hydrogen) atoms. The number of fused-ring (bicyclic) bond motifs is 3. The van der Waals surface area contributed by atoms with Crippen molar-refractivity contribution < 1.29 is 4.79 Å². The second kappa shape index (κ2) is 2.83. The van der Waals surface area contributed by atoms with Crippen molar-refractivity contribution in [3.05, 3.63) is 35.4 Å². The number of nitrogens with zero attached hydrogens (tertiary/aromatic N) is 1. The Balaban J connectivity index is 2.15. The standard InChI is InChI=1S/C12H14N2O/c1-12-10-5-3-2-4-9(10)6-7-14(12)8-11(15)13-12/h2-5H,6-8H2,1H3,(H,13,15)/t12-/m1/s1. The van der Waals surface area contributed by atoms with Crippen molar-refractivity contribution >= 4 is 5.91 Å². The number of amides is 1. The van der Waals surface area contributed by atoms with Crippen molar-refractivity contribution in [3.63, 3.8) is 0 Å². The summed E-state index contributed by atoms with van der Waals surface area (Å²) in [5.41, 5.74) is 2.34. The van der Waals surface area contributed by atoms with Crippen molar-refractivity contribution in [1.29, 1.82) is 0 Å². The Kier molecular flexibility index (Phi) is 1.68. The molecule has 0 unspecified atom stereocenters. The van der Waals surface area contributed by atoms with Gasteiger partial charge in [-0.1, -0.05) is 24.3 Å². The summed E-state index contributed by atoms with van der Waals surface area (Å²) >= 11 is 0. The van der Waals surface area contributed by atoms with E-state index in [0.29, 0.717) is 6.54 Å². The van der Waals surface area contributed by atoms with Crippen LogP contribution in [0.1, 0.15) is 18.1 Å². The maximum Gasteiger partial charge on any atom is 0.235 e. The van der Waals surface area contributed by atoms with Crippen LogP contribution in [0.25, 0.3) is 0 Å². The normalized spacial score (nSPS) is 29.5. The predicted octanol–water partition coefficient (Wildman–Crippen LogP) is 0.847. The lowest BCUT2D eigenvalue weighted by Crippen LogP contribution is -2.50. The summed E-state index contributed by atoms with van der Waals surface area (Å²) in [4.78, 5) is 13.7. The largest absolute Gasteiger partial charge is 0.333 e. The smallest absolute Gasteiger partial charge is 0.235 e. The number of hydrogen-bond acceptors (Lipinski definition) is 2. The van der Waals surface area contributed by atoms with E-state index in [1.165, 1.54) is 11.1 Å². The lowest BCUT2D eigenvalue weighted by molar-refractivity contribution is -0.118. The van der Waals surface area contributed by atoms with Gasteiger partial charge in [-0.3, -0.25) is 9.69 Å². The van der Waals surface area contributed by atoms with Crippen molar-refractivity contribution in [2.75, 3.05) is 13.1 Å². The molecule has 0 spiro atoms. The number of benzene rings is 1. The molecule has 3 nitrogen and oxygen atoms in total. The summed E-state index contributed by atoms with van der Waals surface area (Å²) in [7, 11) is 0. The molecule has 1 atom stereocenters. The molecule has 0 aromatic heterocycles. The van der Waals surface area contributed by atoms with Gasteiger partial charge in [-0.05, 0) is 24.5 Å². The van der Waals surface area contributed by atoms with E-state index in [0.717, 1.165) is 13.0 Å². The zero-order chi connectivity index (χ0) is 10.5. The van der Waals surface area contributed by atoms with E-state index in [1.807, 2.05) is 6.07 Å². The summed E-state index contributed by atoms with van der Waals surface area (Å²) in [6.45, 7) is 3.59. The summed E-state index contributed by atoms with van der Waals surface area (Å²) in [6.07, 6.45) is 1.04. The van der Waals surface area contributed by atoms with Gasteiger partial charge in [0.2, 0.25) is 5.91 Å². The molecule has 0 bridgehead atoms. The van der Waals surface area contributed by atoms with Crippen LogP contribution in [0.15, 0.2) is 24.3 Å². The highest BCUT2D eigenvalue weighted by Gasteiger charge is 2.44. The highest BCUT2D eigenvalue weighted by molar-refractivity contribution is 5.81. The van der Waals surface area contributed by atoms with E-state index in [1.54, 1.807) is 0 Å². The van der Waals surface area contributed by atoms with Gasteiger partial charge in [0.25, 0.3) is 0 Å². The number of rotatable bonds is 0. The number of carbonyl (C=O) groups excluding carboxylic acids is 1. The average Bonchev–Trinajstić information content (AvgIpc) is 2.53.